The zero-order valence-electron chi connectivity index (χ0n) is 18.8. The molecule has 1 aliphatic rings. The van der Waals surface area contributed by atoms with Crippen molar-refractivity contribution in [3.8, 4) is 0 Å². The lowest BCUT2D eigenvalue weighted by Crippen LogP contribution is -2.20. The van der Waals surface area contributed by atoms with Crippen LogP contribution in [0.4, 0.5) is 5.82 Å². The number of fused-ring (bicyclic) bond motifs is 1. The van der Waals surface area contributed by atoms with Gasteiger partial charge in [-0.05, 0) is 54.2 Å². The van der Waals surface area contributed by atoms with Gasteiger partial charge in [-0.3, -0.25) is 4.79 Å². The maximum Gasteiger partial charge on any atom is 0.303 e. The molecule has 0 radical (unpaired) electrons. The van der Waals surface area contributed by atoms with Crippen LogP contribution in [-0.2, 0) is 20.9 Å². The van der Waals surface area contributed by atoms with Gasteiger partial charge < -0.3 is 14.8 Å². The van der Waals surface area contributed by atoms with Gasteiger partial charge in [-0.25, -0.2) is 14.6 Å². The van der Waals surface area contributed by atoms with Crippen molar-refractivity contribution in [2.24, 2.45) is 5.92 Å². The topological polar surface area (TPSA) is 91.2 Å². The number of esters is 1. The summed E-state index contributed by atoms with van der Waals surface area (Å²) in [6.45, 7) is 7.59. The van der Waals surface area contributed by atoms with Crippen LogP contribution < -0.4 is 5.32 Å². The van der Waals surface area contributed by atoms with Crippen LogP contribution in [0.2, 0.25) is 0 Å². The molecule has 0 amide bonds. The molecule has 31 heavy (non-hydrogen) atoms. The minimum absolute atomic E-state index is 0.0931. The van der Waals surface area contributed by atoms with Gasteiger partial charge in [0, 0.05) is 20.1 Å². The van der Waals surface area contributed by atoms with Crippen LogP contribution in [0.5, 0.6) is 0 Å². The number of carbonyl (C=O) groups is 1. The van der Waals surface area contributed by atoms with E-state index in [1.54, 1.807) is 0 Å². The van der Waals surface area contributed by atoms with Crippen LogP contribution in [-0.4, -0.2) is 38.9 Å². The summed E-state index contributed by atoms with van der Waals surface area (Å²) in [4.78, 5) is 21.0. The Kier molecular flexibility index (Phi) is 9.30. The summed E-state index contributed by atoms with van der Waals surface area (Å²) in [7, 11) is 0. The van der Waals surface area contributed by atoms with Gasteiger partial charge >= 0.3 is 5.97 Å². The Balaban J connectivity index is 1.75. The Morgan fingerprint density at radius 2 is 2.16 bits per heavy atom. The Labute approximate surface area is 198 Å². The standard InChI is InChI=1S/C22H34IN5O3/c1-4-15(2)10-6-5-8-12-24-21-17(14-31-16(3)29)25-19-20(23)27-28(22(19)26-21)18-11-7-9-13-30-18/h15,18H,4-14H2,1-3H3,(H,24,26)/t15-,18?/m0/s1. The molecule has 9 heteroatoms. The molecule has 0 aromatic carbocycles. The van der Waals surface area contributed by atoms with Gasteiger partial charge in [0.15, 0.2) is 21.4 Å². The second kappa shape index (κ2) is 11.9. The van der Waals surface area contributed by atoms with Crippen molar-refractivity contribution in [2.45, 2.75) is 85.0 Å². The van der Waals surface area contributed by atoms with Crippen molar-refractivity contribution < 1.29 is 14.3 Å². The zero-order valence-corrected chi connectivity index (χ0v) is 21.0. The third-order valence-electron chi connectivity index (χ3n) is 5.76. The largest absolute Gasteiger partial charge is 0.459 e. The van der Waals surface area contributed by atoms with Crippen LogP contribution >= 0.6 is 22.6 Å². The minimum Gasteiger partial charge on any atom is -0.459 e. The van der Waals surface area contributed by atoms with E-state index in [4.69, 9.17) is 19.4 Å². The fraction of sp³-hybridized carbons (Fsp3) is 0.727. The molecule has 0 spiro atoms. The van der Waals surface area contributed by atoms with E-state index in [0.29, 0.717) is 17.2 Å². The quantitative estimate of drug-likeness (QED) is 0.236. The zero-order chi connectivity index (χ0) is 22.2. The lowest BCUT2D eigenvalue weighted by molar-refractivity contribution is -0.142. The minimum atomic E-state index is -0.334. The third-order valence-corrected chi connectivity index (χ3v) is 6.49. The van der Waals surface area contributed by atoms with E-state index < -0.39 is 0 Å². The van der Waals surface area contributed by atoms with Gasteiger partial charge in [0.25, 0.3) is 0 Å². The van der Waals surface area contributed by atoms with Gasteiger partial charge in [0.05, 0.1) is 0 Å². The molecule has 0 aliphatic carbocycles. The highest BCUT2D eigenvalue weighted by atomic mass is 127. The highest BCUT2D eigenvalue weighted by Gasteiger charge is 2.24. The lowest BCUT2D eigenvalue weighted by Gasteiger charge is -2.23. The van der Waals surface area contributed by atoms with Crippen molar-refractivity contribution in [3.63, 3.8) is 0 Å². The molecule has 1 aliphatic heterocycles. The maximum absolute atomic E-state index is 11.4. The van der Waals surface area contributed by atoms with Crippen molar-refractivity contribution >= 4 is 45.5 Å². The molecule has 0 saturated carbocycles. The van der Waals surface area contributed by atoms with Crippen LogP contribution in [0, 0.1) is 9.62 Å². The van der Waals surface area contributed by atoms with E-state index in [2.05, 4.69) is 46.9 Å². The summed E-state index contributed by atoms with van der Waals surface area (Å²) in [5.41, 5.74) is 2.06. The highest BCUT2D eigenvalue weighted by molar-refractivity contribution is 14.1. The molecule has 1 N–H and O–H groups in total. The van der Waals surface area contributed by atoms with Crippen molar-refractivity contribution in [1.82, 2.24) is 19.7 Å². The van der Waals surface area contributed by atoms with Crippen molar-refractivity contribution in [2.75, 3.05) is 18.5 Å². The first-order valence-corrected chi connectivity index (χ1v) is 12.5. The van der Waals surface area contributed by atoms with E-state index in [0.717, 1.165) is 54.0 Å². The monoisotopic (exact) mass is 543 g/mol. The summed E-state index contributed by atoms with van der Waals surface area (Å²) in [5, 5.41) is 8.08. The van der Waals surface area contributed by atoms with E-state index in [-0.39, 0.29) is 18.8 Å². The molecule has 8 nitrogen and oxygen atoms in total. The fourth-order valence-corrected chi connectivity index (χ4v) is 4.28. The lowest BCUT2D eigenvalue weighted by atomic mass is 10.0. The van der Waals surface area contributed by atoms with Gasteiger partial charge in [0.2, 0.25) is 0 Å². The van der Waals surface area contributed by atoms with Gasteiger partial charge in [0.1, 0.15) is 17.8 Å². The Morgan fingerprint density at radius 3 is 2.87 bits per heavy atom. The number of hydrogen-bond donors (Lipinski definition) is 1. The second-order valence-electron chi connectivity index (χ2n) is 8.32. The van der Waals surface area contributed by atoms with Crippen LogP contribution in [0.3, 0.4) is 0 Å². The van der Waals surface area contributed by atoms with Crippen LogP contribution in [0.15, 0.2) is 0 Å². The number of anilines is 1. The van der Waals surface area contributed by atoms with E-state index in [1.807, 2.05) is 4.68 Å². The average Bonchev–Trinajstić information content (AvgIpc) is 3.10. The number of halogens is 1. The number of hydrogen-bond acceptors (Lipinski definition) is 7. The van der Waals surface area contributed by atoms with Crippen molar-refractivity contribution in [3.05, 3.63) is 9.39 Å². The summed E-state index contributed by atoms with van der Waals surface area (Å²) in [5.74, 6) is 1.12. The van der Waals surface area contributed by atoms with Gasteiger partial charge in [-0.1, -0.05) is 39.5 Å². The maximum atomic E-state index is 11.4. The first-order chi connectivity index (χ1) is 15.0. The van der Waals surface area contributed by atoms with Crippen molar-refractivity contribution in [1.29, 1.82) is 0 Å². The molecule has 1 fully saturated rings. The first-order valence-electron chi connectivity index (χ1n) is 11.4. The molecule has 1 saturated heterocycles. The first kappa shape index (κ1) is 24.2. The predicted molar refractivity (Wildman–Crippen MR) is 129 cm³/mol. The summed E-state index contributed by atoms with van der Waals surface area (Å²) >= 11 is 2.18. The molecule has 2 atom stereocenters. The number of carbonyl (C=O) groups excluding carboxylic acids is 1. The Hall–Kier alpha value is -1.49. The van der Waals surface area contributed by atoms with E-state index in [1.165, 1.54) is 32.6 Å². The molecule has 3 heterocycles. The number of rotatable bonds is 11. The Bertz CT molecular complexity index is 866. The number of unbranched alkanes of at least 4 members (excludes halogenated alkanes) is 2. The second-order valence-corrected chi connectivity index (χ2v) is 9.34. The molecule has 2 aromatic rings. The molecule has 0 bridgehead atoms. The molecule has 1 unspecified atom stereocenters. The number of nitrogens with one attached hydrogen (secondary N) is 1. The van der Waals surface area contributed by atoms with Gasteiger partial charge in [-0.15, -0.1) is 0 Å². The van der Waals surface area contributed by atoms with E-state index >= 15 is 0 Å². The molecule has 3 rings (SSSR count). The van der Waals surface area contributed by atoms with Crippen LogP contribution in [0.1, 0.15) is 84.1 Å². The third kappa shape index (κ3) is 6.74. The summed E-state index contributed by atoms with van der Waals surface area (Å²) in [6.07, 6.45) is 9.00. The number of aromatic nitrogens is 4. The molecule has 172 valence electrons. The predicted octanol–water partition coefficient (Wildman–Crippen LogP) is 5.21. The Morgan fingerprint density at radius 1 is 1.32 bits per heavy atom. The molecular formula is C22H34IN5O3. The highest BCUT2D eigenvalue weighted by Crippen LogP contribution is 2.29. The SMILES string of the molecule is CC[C@H](C)CCCCCNc1nc2c(nc1COC(C)=O)c(I)nn2C1CCCCO1. The number of nitrogens with zero attached hydrogens (tertiary/aromatic N) is 4. The van der Waals surface area contributed by atoms with Gasteiger partial charge in [-0.2, -0.15) is 5.10 Å². The normalized spacial score (nSPS) is 17.6. The molecular weight excluding hydrogens is 509 g/mol. The summed E-state index contributed by atoms with van der Waals surface area (Å²) in [6, 6.07) is 0. The fourth-order valence-electron chi connectivity index (χ4n) is 3.68. The number of ether oxygens (including phenoxy) is 2. The smallest absolute Gasteiger partial charge is 0.303 e. The van der Waals surface area contributed by atoms with Crippen LogP contribution in [0.25, 0.3) is 11.2 Å². The average molecular weight is 543 g/mol. The molecule has 2 aromatic heterocycles. The summed E-state index contributed by atoms with van der Waals surface area (Å²) < 4.78 is 13.8. The van der Waals surface area contributed by atoms with E-state index in [9.17, 15) is 4.79 Å².